The Labute approximate surface area is 180 Å². The number of aryl methyl sites for hydroxylation is 1. The Kier molecular flexibility index (Phi) is 4.04. The molecule has 1 saturated heterocycles. The number of nitrogens with one attached hydrogen (secondary N) is 2. The zero-order valence-corrected chi connectivity index (χ0v) is 17.5. The summed E-state index contributed by atoms with van der Waals surface area (Å²) in [6.45, 7) is 1.41. The number of rotatable bonds is 1. The SMILES string of the molecule is Nc1nc2c(c(=O)[nH]1)CCC21CCN(C(=O)C2CCCc3c2[nH]c2ccccc32)CC1. The lowest BCUT2D eigenvalue weighted by Gasteiger charge is -2.40. The highest BCUT2D eigenvalue weighted by Crippen LogP contribution is 2.45. The van der Waals surface area contributed by atoms with Crippen LogP contribution in [0.5, 0.6) is 0 Å². The minimum absolute atomic E-state index is 0.0855. The van der Waals surface area contributed by atoms with Gasteiger partial charge in [0.2, 0.25) is 11.9 Å². The van der Waals surface area contributed by atoms with Crippen LogP contribution in [-0.4, -0.2) is 38.8 Å². The molecule has 6 rings (SSSR count). The number of nitrogens with two attached hydrogens (primary N) is 1. The zero-order chi connectivity index (χ0) is 21.2. The van der Waals surface area contributed by atoms with Gasteiger partial charge < -0.3 is 15.6 Å². The molecule has 1 atom stereocenters. The molecule has 1 aromatic carbocycles. The van der Waals surface area contributed by atoms with E-state index >= 15 is 0 Å². The van der Waals surface area contributed by atoms with Gasteiger partial charge in [0.15, 0.2) is 0 Å². The van der Waals surface area contributed by atoms with E-state index in [0.717, 1.165) is 67.4 Å². The van der Waals surface area contributed by atoms with Crippen LogP contribution in [0.1, 0.15) is 60.5 Å². The summed E-state index contributed by atoms with van der Waals surface area (Å²) in [5.74, 6) is 0.341. The highest BCUT2D eigenvalue weighted by molar-refractivity contribution is 5.90. The maximum absolute atomic E-state index is 13.6. The Balaban J connectivity index is 1.25. The number of aromatic nitrogens is 3. The van der Waals surface area contributed by atoms with Crippen molar-refractivity contribution in [2.75, 3.05) is 18.8 Å². The smallest absolute Gasteiger partial charge is 0.255 e. The summed E-state index contributed by atoms with van der Waals surface area (Å²) in [5, 5.41) is 1.25. The van der Waals surface area contributed by atoms with Crippen molar-refractivity contribution in [1.82, 2.24) is 19.9 Å². The molecular weight excluding hydrogens is 390 g/mol. The van der Waals surface area contributed by atoms with Gasteiger partial charge in [0.25, 0.3) is 5.56 Å². The van der Waals surface area contributed by atoms with E-state index in [1.165, 1.54) is 10.9 Å². The molecular formula is C24H27N5O2. The van der Waals surface area contributed by atoms with E-state index in [9.17, 15) is 9.59 Å². The quantitative estimate of drug-likeness (QED) is 0.566. The van der Waals surface area contributed by atoms with Gasteiger partial charge in [-0.05, 0) is 56.6 Å². The van der Waals surface area contributed by atoms with Crippen LogP contribution in [0.15, 0.2) is 29.1 Å². The van der Waals surface area contributed by atoms with Crippen LogP contribution in [0, 0.1) is 0 Å². The normalized spacial score (nSPS) is 21.9. The molecule has 31 heavy (non-hydrogen) atoms. The van der Waals surface area contributed by atoms with Crippen LogP contribution >= 0.6 is 0 Å². The number of fused-ring (bicyclic) bond motifs is 5. The van der Waals surface area contributed by atoms with Gasteiger partial charge in [-0.2, -0.15) is 0 Å². The number of nitrogen functional groups attached to an aromatic ring is 1. The van der Waals surface area contributed by atoms with Crippen LogP contribution in [0.3, 0.4) is 0 Å². The minimum Gasteiger partial charge on any atom is -0.369 e. The number of piperidine rings is 1. The number of nitrogens with zero attached hydrogens (tertiary/aromatic N) is 2. The number of H-pyrrole nitrogens is 2. The van der Waals surface area contributed by atoms with E-state index in [1.807, 2.05) is 11.0 Å². The molecule has 4 N–H and O–H groups in total. The molecule has 3 aromatic rings. The van der Waals surface area contributed by atoms with Crippen LogP contribution in [0.25, 0.3) is 10.9 Å². The first-order chi connectivity index (χ1) is 15.1. The van der Waals surface area contributed by atoms with Crippen molar-refractivity contribution in [2.45, 2.75) is 56.3 Å². The van der Waals surface area contributed by atoms with Gasteiger partial charge in [-0.15, -0.1) is 0 Å². The van der Waals surface area contributed by atoms with Gasteiger partial charge in [-0.3, -0.25) is 14.6 Å². The number of carbonyl (C=O) groups excluding carboxylic acids is 1. The molecule has 1 amide bonds. The molecule has 3 aliphatic rings. The Morgan fingerprint density at radius 2 is 1.90 bits per heavy atom. The van der Waals surface area contributed by atoms with Crippen LogP contribution in [0.4, 0.5) is 5.95 Å². The largest absolute Gasteiger partial charge is 0.369 e. The molecule has 1 unspecified atom stereocenters. The fourth-order valence-electron chi connectivity index (χ4n) is 6.19. The standard InChI is InChI=1S/C24H27N5O2/c25-23-27-20-17(21(30)28-23)8-9-24(20)10-12-29(13-11-24)22(31)16-6-3-5-15-14-4-1-2-7-18(14)26-19(15)16/h1-2,4,7,16,26H,3,5-6,8-13H2,(H3,25,27,28,30). The zero-order valence-electron chi connectivity index (χ0n) is 17.5. The molecule has 2 aromatic heterocycles. The summed E-state index contributed by atoms with van der Waals surface area (Å²) < 4.78 is 0. The molecule has 1 spiro atoms. The first-order valence-electron chi connectivity index (χ1n) is 11.3. The summed E-state index contributed by atoms with van der Waals surface area (Å²) in [6.07, 6.45) is 6.32. The second kappa shape index (κ2) is 6.70. The van der Waals surface area contributed by atoms with Gasteiger partial charge in [-0.1, -0.05) is 18.2 Å². The first kappa shape index (κ1) is 18.7. The Hall–Kier alpha value is -3.09. The number of aromatic amines is 2. The molecule has 7 nitrogen and oxygen atoms in total. The van der Waals surface area contributed by atoms with Crippen molar-refractivity contribution >= 4 is 22.8 Å². The summed E-state index contributed by atoms with van der Waals surface area (Å²) >= 11 is 0. The highest BCUT2D eigenvalue weighted by Gasteiger charge is 2.45. The van der Waals surface area contributed by atoms with Crippen LogP contribution in [0.2, 0.25) is 0 Å². The number of hydrogen-bond acceptors (Lipinski definition) is 4. The summed E-state index contributed by atoms with van der Waals surface area (Å²) in [7, 11) is 0. The topological polar surface area (TPSA) is 108 Å². The van der Waals surface area contributed by atoms with Gasteiger partial charge in [0.05, 0.1) is 11.6 Å². The third-order valence-corrected chi connectivity index (χ3v) is 7.83. The van der Waals surface area contributed by atoms with E-state index in [0.29, 0.717) is 13.1 Å². The van der Waals surface area contributed by atoms with E-state index in [4.69, 9.17) is 5.73 Å². The van der Waals surface area contributed by atoms with Gasteiger partial charge in [0.1, 0.15) is 0 Å². The summed E-state index contributed by atoms with van der Waals surface area (Å²) in [6, 6.07) is 8.35. The molecule has 0 saturated carbocycles. The lowest BCUT2D eigenvalue weighted by Crippen LogP contribution is -2.46. The van der Waals surface area contributed by atoms with Gasteiger partial charge in [-0.25, -0.2) is 4.98 Å². The number of amides is 1. The fourth-order valence-corrected chi connectivity index (χ4v) is 6.19. The molecule has 2 aliphatic carbocycles. The second-order valence-corrected chi connectivity index (χ2v) is 9.39. The van der Waals surface area contributed by atoms with Crippen LogP contribution < -0.4 is 11.3 Å². The van der Waals surface area contributed by atoms with Crippen molar-refractivity contribution in [2.24, 2.45) is 0 Å². The Morgan fingerprint density at radius 1 is 1.10 bits per heavy atom. The average Bonchev–Trinajstić information content (AvgIpc) is 3.33. The van der Waals surface area contributed by atoms with Gasteiger partial charge >= 0.3 is 0 Å². The number of anilines is 1. The van der Waals surface area contributed by atoms with Crippen molar-refractivity contribution < 1.29 is 4.79 Å². The number of hydrogen-bond donors (Lipinski definition) is 3. The number of likely N-dealkylation sites (tertiary alicyclic amines) is 1. The number of carbonyl (C=O) groups is 1. The molecule has 0 bridgehead atoms. The predicted molar refractivity (Wildman–Crippen MR) is 119 cm³/mol. The second-order valence-electron chi connectivity index (χ2n) is 9.39. The Bertz CT molecular complexity index is 1250. The highest BCUT2D eigenvalue weighted by atomic mass is 16.2. The predicted octanol–water partition coefficient (Wildman–Crippen LogP) is 2.76. The third-order valence-electron chi connectivity index (χ3n) is 7.83. The lowest BCUT2D eigenvalue weighted by atomic mass is 9.75. The maximum Gasteiger partial charge on any atom is 0.255 e. The van der Waals surface area contributed by atoms with Crippen molar-refractivity contribution in [3.8, 4) is 0 Å². The fraction of sp³-hybridized carbons (Fsp3) is 0.458. The maximum atomic E-state index is 13.6. The molecule has 1 fully saturated rings. The Morgan fingerprint density at radius 3 is 2.74 bits per heavy atom. The van der Waals surface area contributed by atoms with Crippen LogP contribution in [-0.2, 0) is 23.1 Å². The minimum atomic E-state index is -0.118. The molecule has 0 radical (unpaired) electrons. The molecule has 7 heteroatoms. The average molecular weight is 418 g/mol. The van der Waals surface area contributed by atoms with Crippen molar-refractivity contribution in [3.63, 3.8) is 0 Å². The molecule has 160 valence electrons. The lowest BCUT2D eigenvalue weighted by molar-refractivity contribution is -0.135. The monoisotopic (exact) mass is 417 g/mol. The third kappa shape index (κ3) is 2.75. The number of benzene rings is 1. The number of para-hydroxylation sites is 1. The summed E-state index contributed by atoms with van der Waals surface area (Å²) in [4.78, 5) is 38.6. The molecule has 3 heterocycles. The van der Waals surface area contributed by atoms with Crippen molar-refractivity contribution in [3.05, 3.63) is 57.1 Å². The van der Waals surface area contributed by atoms with E-state index in [1.54, 1.807) is 0 Å². The molecule has 1 aliphatic heterocycles. The summed E-state index contributed by atoms with van der Waals surface area (Å²) in [5.41, 5.74) is 10.8. The van der Waals surface area contributed by atoms with Gasteiger partial charge in [0, 0.05) is 40.7 Å². The van der Waals surface area contributed by atoms with E-state index in [-0.39, 0.29) is 28.7 Å². The van der Waals surface area contributed by atoms with Crippen molar-refractivity contribution in [1.29, 1.82) is 0 Å². The first-order valence-corrected chi connectivity index (χ1v) is 11.3. The van der Waals surface area contributed by atoms with E-state index in [2.05, 4.69) is 33.2 Å². The van der Waals surface area contributed by atoms with E-state index < -0.39 is 0 Å².